The maximum atomic E-state index is 11.9. The van der Waals surface area contributed by atoms with Crippen molar-refractivity contribution in [1.82, 2.24) is 19.8 Å². The number of anilines is 1. The summed E-state index contributed by atoms with van der Waals surface area (Å²) in [4.78, 5) is 35.3. The SMILES string of the molecule is CC(C)(C)OC(=O)N1CCC(N)CC1.CC(C)(C)OC(=O)N1CCC(Nc2ncccn2)CC1. The van der Waals surface area contributed by atoms with Gasteiger partial charge in [-0.15, -0.1) is 0 Å². The van der Waals surface area contributed by atoms with Gasteiger partial charge in [-0.2, -0.15) is 0 Å². The lowest BCUT2D eigenvalue weighted by atomic mass is 10.1. The summed E-state index contributed by atoms with van der Waals surface area (Å²) in [6.45, 7) is 14.1. The van der Waals surface area contributed by atoms with Gasteiger partial charge >= 0.3 is 12.2 Å². The van der Waals surface area contributed by atoms with Crippen LogP contribution in [0.4, 0.5) is 15.5 Å². The highest BCUT2D eigenvalue weighted by Crippen LogP contribution is 2.17. The van der Waals surface area contributed by atoms with Gasteiger partial charge in [-0.3, -0.25) is 0 Å². The van der Waals surface area contributed by atoms with E-state index in [1.54, 1.807) is 28.3 Å². The molecule has 0 radical (unpaired) electrons. The molecule has 10 nitrogen and oxygen atoms in total. The third-order valence-corrected chi connectivity index (χ3v) is 5.24. The predicted molar refractivity (Wildman–Crippen MR) is 132 cm³/mol. The Balaban J connectivity index is 0.000000257. The zero-order valence-corrected chi connectivity index (χ0v) is 21.5. The summed E-state index contributed by atoms with van der Waals surface area (Å²) in [6, 6.07) is 2.33. The lowest BCUT2D eigenvalue weighted by Crippen LogP contribution is -2.44. The lowest BCUT2D eigenvalue weighted by Gasteiger charge is -2.33. The first-order valence-electron chi connectivity index (χ1n) is 12.1. The van der Waals surface area contributed by atoms with Crippen molar-refractivity contribution in [1.29, 1.82) is 0 Å². The number of rotatable bonds is 2. The standard InChI is InChI=1S/C14H22N4O2.C10H20N2O2/c1-14(2,3)20-13(19)18-9-5-11(6-10-18)17-12-15-7-4-8-16-12;1-10(2,3)14-9(13)12-6-4-8(11)5-7-12/h4,7-8,11H,5-6,9-10H2,1-3H3,(H,15,16,17);8H,4-7,11H2,1-3H3. The van der Waals surface area contributed by atoms with Crippen LogP contribution in [-0.2, 0) is 9.47 Å². The molecule has 10 heteroatoms. The van der Waals surface area contributed by atoms with E-state index in [1.807, 2.05) is 41.5 Å². The van der Waals surface area contributed by atoms with Crippen LogP contribution in [0, 0.1) is 0 Å². The maximum absolute atomic E-state index is 11.9. The highest BCUT2D eigenvalue weighted by Gasteiger charge is 2.27. The Morgan fingerprint density at radius 3 is 1.68 bits per heavy atom. The van der Waals surface area contributed by atoms with Gasteiger partial charge in [-0.1, -0.05) is 0 Å². The number of amides is 2. The molecule has 3 heterocycles. The fraction of sp³-hybridized carbons (Fsp3) is 0.750. The first-order chi connectivity index (χ1) is 15.8. The van der Waals surface area contributed by atoms with Gasteiger partial charge in [0.25, 0.3) is 0 Å². The first-order valence-corrected chi connectivity index (χ1v) is 12.1. The minimum absolute atomic E-state index is 0.218. The second kappa shape index (κ2) is 12.2. The number of aromatic nitrogens is 2. The van der Waals surface area contributed by atoms with Crippen LogP contribution < -0.4 is 11.1 Å². The van der Waals surface area contributed by atoms with Crippen LogP contribution >= 0.6 is 0 Å². The topological polar surface area (TPSA) is 123 Å². The smallest absolute Gasteiger partial charge is 0.410 e. The summed E-state index contributed by atoms with van der Waals surface area (Å²) in [6.07, 6.45) is 6.47. The van der Waals surface area contributed by atoms with Crippen molar-refractivity contribution < 1.29 is 19.1 Å². The number of ether oxygens (including phenoxy) is 2. The Kier molecular flexibility index (Phi) is 9.90. The number of hydrogen-bond donors (Lipinski definition) is 2. The zero-order chi connectivity index (χ0) is 25.4. The van der Waals surface area contributed by atoms with Crippen molar-refractivity contribution in [3.05, 3.63) is 18.5 Å². The molecule has 0 spiro atoms. The highest BCUT2D eigenvalue weighted by atomic mass is 16.6. The van der Waals surface area contributed by atoms with E-state index in [4.69, 9.17) is 15.2 Å². The van der Waals surface area contributed by atoms with E-state index >= 15 is 0 Å². The molecule has 0 unspecified atom stereocenters. The lowest BCUT2D eigenvalue weighted by molar-refractivity contribution is 0.0197. The van der Waals surface area contributed by atoms with Crippen LogP contribution in [0.25, 0.3) is 0 Å². The number of piperidine rings is 2. The molecule has 2 saturated heterocycles. The normalized spacial score (nSPS) is 18.0. The van der Waals surface area contributed by atoms with E-state index in [-0.39, 0.29) is 18.2 Å². The molecular weight excluding hydrogens is 436 g/mol. The van der Waals surface area contributed by atoms with Crippen LogP contribution in [0.3, 0.4) is 0 Å². The Morgan fingerprint density at radius 1 is 0.853 bits per heavy atom. The van der Waals surface area contributed by atoms with Gasteiger partial charge < -0.3 is 30.3 Å². The Bertz CT molecular complexity index is 762. The molecule has 0 atom stereocenters. The van der Waals surface area contributed by atoms with Crippen molar-refractivity contribution in [3.63, 3.8) is 0 Å². The van der Waals surface area contributed by atoms with Crippen molar-refractivity contribution in [3.8, 4) is 0 Å². The number of likely N-dealkylation sites (tertiary alicyclic amines) is 2. The number of nitrogens with one attached hydrogen (secondary N) is 1. The molecule has 2 fully saturated rings. The van der Waals surface area contributed by atoms with E-state index in [0.29, 0.717) is 25.1 Å². The van der Waals surface area contributed by atoms with Crippen LogP contribution in [0.2, 0.25) is 0 Å². The van der Waals surface area contributed by atoms with E-state index in [1.165, 1.54) is 0 Å². The molecule has 3 N–H and O–H groups in total. The third kappa shape index (κ3) is 10.5. The summed E-state index contributed by atoms with van der Waals surface area (Å²) in [5.41, 5.74) is 4.90. The number of nitrogens with zero attached hydrogens (tertiary/aromatic N) is 4. The molecule has 1 aromatic heterocycles. The summed E-state index contributed by atoms with van der Waals surface area (Å²) < 4.78 is 10.6. The van der Waals surface area contributed by atoms with Gasteiger partial charge in [-0.25, -0.2) is 19.6 Å². The molecule has 0 aromatic carbocycles. The molecule has 2 aliphatic heterocycles. The average Bonchev–Trinajstić information content (AvgIpc) is 2.73. The van der Waals surface area contributed by atoms with Crippen LogP contribution in [0.1, 0.15) is 67.2 Å². The van der Waals surface area contributed by atoms with Crippen molar-refractivity contribution in [2.45, 2.75) is 90.5 Å². The Labute approximate surface area is 203 Å². The van der Waals surface area contributed by atoms with Gasteiger partial charge in [0, 0.05) is 50.7 Å². The number of nitrogens with two attached hydrogens (primary N) is 1. The monoisotopic (exact) mass is 478 g/mol. The van der Waals surface area contributed by atoms with Gasteiger partial charge in [0.2, 0.25) is 5.95 Å². The maximum Gasteiger partial charge on any atom is 0.410 e. The highest BCUT2D eigenvalue weighted by molar-refractivity contribution is 5.68. The zero-order valence-electron chi connectivity index (χ0n) is 21.5. The van der Waals surface area contributed by atoms with Gasteiger partial charge in [0.1, 0.15) is 11.2 Å². The minimum atomic E-state index is -0.440. The molecule has 34 heavy (non-hydrogen) atoms. The summed E-state index contributed by atoms with van der Waals surface area (Å²) in [5.74, 6) is 0.642. The molecule has 0 aliphatic carbocycles. The summed E-state index contributed by atoms with van der Waals surface area (Å²) in [5, 5.41) is 3.29. The first kappa shape index (κ1) is 27.6. The molecule has 1 aromatic rings. The van der Waals surface area contributed by atoms with Crippen molar-refractivity contribution >= 4 is 18.1 Å². The molecule has 2 amide bonds. The van der Waals surface area contributed by atoms with E-state index in [9.17, 15) is 9.59 Å². The second-order valence-corrected chi connectivity index (χ2v) is 10.8. The third-order valence-electron chi connectivity index (χ3n) is 5.24. The quantitative estimate of drug-likeness (QED) is 0.660. The van der Waals surface area contributed by atoms with Crippen molar-refractivity contribution in [2.75, 3.05) is 31.5 Å². The van der Waals surface area contributed by atoms with Crippen molar-refractivity contribution in [2.24, 2.45) is 5.73 Å². The second-order valence-electron chi connectivity index (χ2n) is 10.8. The molecule has 192 valence electrons. The number of carbonyl (C=O) groups excluding carboxylic acids is 2. The average molecular weight is 479 g/mol. The van der Waals surface area contributed by atoms with E-state index in [0.717, 1.165) is 38.8 Å². The van der Waals surface area contributed by atoms with Crippen LogP contribution in [-0.4, -0.2) is 81.4 Å². The summed E-state index contributed by atoms with van der Waals surface area (Å²) in [7, 11) is 0. The molecule has 0 bridgehead atoms. The van der Waals surface area contributed by atoms with E-state index < -0.39 is 11.2 Å². The Morgan fingerprint density at radius 2 is 1.26 bits per heavy atom. The van der Waals surface area contributed by atoms with Gasteiger partial charge in [0.15, 0.2) is 0 Å². The van der Waals surface area contributed by atoms with E-state index in [2.05, 4.69) is 15.3 Å². The number of carbonyl (C=O) groups is 2. The molecule has 0 saturated carbocycles. The van der Waals surface area contributed by atoms with Crippen LogP contribution in [0.15, 0.2) is 18.5 Å². The number of hydrogen-bond acceptors (Lipinski definition) is 8. The fourth-order valence-corrected chi connectivity index (χ4v) is 3.50. The van der Waals surface area contributed by atoms with Gasteiger partial charge in [-0.05, 0) is 73.3 Å². The Hall–Kier alpha value is -2.62. The van der Waals surface area contributed by atoms with Crippen LogP contribution in [0.5, 0.6) is 0 Å². The molecular formula is C24H42N6O4. The minimum Gasteiger partial charge on any atom is -0.444 e. The molecule has 3 rings (SSSR count). The molecule has 2 aliphatic rings. The predicted octanol–water partition coefficient (Wildman–Crippen LogP) is 3.63. The largest absolute Gasteiger partial charge is 0.444 e. The fourth-order valence-electron chi connectivity index (χ4n) is 3.50. The summed E-state index contributed by atoms with van der Waals surface area (Å²) >= 11 is 0. The van der Waals surface area contributed by atoms with Gasteiger partial charge in [0.05, 0.1) is 0 Å².